The molecule has 0 aliphatic carbocycles. The van der Waals surface area contributed by atoms with E-state index < -0.39 is 26.6 Å². The average molecular weight is 655 g/mol. The highest BCUT2D eigenvalue weighted by atomic mass is 31.2. The Labute approximate surface area is 276 Å². The van der Waals surface area contributed by atoms with Gasteiger partial charge in [-0.3, -0.25) is 9.36 Å². The Kier molecular flexibility index (Phi) is 27.7. The maximum absolute atomic E-state index is 12.7. The molecule has 262 valence electrons. The van der Waals surface area contributed by atoms with Crippen molar-refractivity contribution in [3.05, 3.63) is 48.6 Å². The van der Waals surface area contributed by atoms with Gasteiger partial charge in [-0.15, -0.1) is 0 Å². The monoisotopic (exact) mass is 654 g/mol. The van der Waals surface area contributed by atoms with Gasteiger partial charge in [-0.05, 0) is 64.2 Å². The van der Waals surface area contributed by atoms with Crippen molar-refractivity contribution in [2.75, 3.05) is 40.9 Å². The molecule has 45 heavy (non-hydrogen) atoms. The summed E-state index contributed by atoms with van der Waals surface area (Å²) >= 11 is 0. The Morgan fingerprint density at radius 2 is 1.27 bits per heavy atom. The lowest BCUT2D eigenvalue weighted by molar-refractivity contribution is -0.870. The molecule has 0 spiro atoms. The summed E-state index contributed by atoms with van der Waals surface area (Å²) in [6, 6.07) is -0.911. The molecule has 0 saturated heterocycles. The third-order valence-electron chi connectivity index (χ3n) is 7.24. The highest BCUT2D eigenvalue weighted by Crippen LogP contribution is 2.38. The van der Waals surface area contributed by atoms with Crippen molar-refractivity contribution in [1.29, 1.82) is 0 Å². The highest BCUT2D eigenvalue weighted by molar-refractivity contribution is 7.45. The van der Waals surface area contributed by atoms with E-state index in [-0.39, 0.29) is 12.5 Å². The number of amides is 1. The molecule has 0 heterocycles. The number of quaternary nitrogens is 1. The minimum absolute atomic E-state index is 0.0128. The second-order valence-corrected chi connectivity index (χ2v) is 14.3. The van der Waals surface area contributed by atoms with Crippen molar-refractivity contribution < 1.29 is 32.9 Å². The molecule has 0 bridgehead atoms. The van der Waals surface area contributed by atoms with Crippen LogP contribution in [0.4, 0.5) is 0 Å². The van der Waals surface area contributed by atoms with E-state index in [1.54, 1.807) is 6.08 Å². The van der Waals surface area contributed by atoms with Gasteiger partial charge in [0.1, 0.15) is 13.2 Å². The molecular formula is C36H67N2O6P. The fraction of sp³-hybridized carbons (Fsp3) is 0.750. The van der Waals surface area contributed by atoms with Gasteiger partial charge in [0.15, 0.2) is 0 Å². The number of carbonyl (C=O) groups is 1. The molecule has 3 unspecified atom stereocenters. The largest absolute Gasteiger partial charge is 0.756 e. The molecule has 9 heteroatoms. The fourth-order valence-electron chi connectivity index (χ4n) is 4.34. The van der Waals surface area contributed by atoms with E-state index in [0.29, 0.717) is 17.4 Å². The van der Waals surface area contributed by atoms with Crippen LogP contribution in [0.2, 0.25) is 0 Å². The molecule has 8 nitrogen and oxygen atoms in total. The lowest BCUT2D eigenvalue weighted by atomic mass is 10.1. The smallest absolute Gasteiger partial charge is 0.268 e. The Bertz CT molecular complexity index is 881. The van der Waals surface area contributed by atoms with Crippen molar-refractivity contribution >= 4 is 13.7 Å². The molecule has 1 amide bonds. The summed E-state index contributed by atoms with van der Waals surface area (Å²) in [6.45, 7) is 4.48. The van der Waals surface area contributed by atoms with Crippen LogP contribution in [0.5, 0.6) is 0 Å². The zero-order valence-corrected chi connectivity index (χ0v) is 30.2. The molecule has 0 aromatic heterocycles. The van der Waals surface area contributed by atoms with Crippen LogP contribution >= 0.6 is 7.82 Å². The Morgan fingerprint density at radius 1 is 0.756 bits per heavy atom. The summed E-state index contributed by atoms with van der Waals surface area (Å²) < 4.78 is 23.0. The Morgan fingerprint density at radius 3 is 1.84 bits per heavy atom. The third-order valence-corrected chi connectivity index (χ3v) is 8.20. The molecule has 0 radical (unpaired) electrons. The van der Waals surface area contributed by atoms with E-state index in [9.17, 15) is 19.4 Å². The molecule has 0 saturated carbocycles. The van der Waals surface area contributed by atoms with Gasteiger partial charge in [-0.1, -0.05) is 101 Å². The van der Waals surface area contributed by atoms with Crippen LogP contribution in [0.25, 0.3) is 0 Å². The SMILES string of the molecule is CCCC/C=C\CCCCCCC(=O)NC(COP(=O)([O-])OCC[N+](C)(C)C)C(O)/C=C/CC/C=C/CC/C=C/CCCCC. The first kappa shape index (κ1) is 43.5. The van der Waals surface area contributed by atoms with Gasteiger partial charge in [0.2, 0.25) is 5.91 Å². The van der Waals surface area contributed by atoms with E-state index in [2.05, 4.69) is 55.6 Å². The lowest BCUT2D eigenvalue weighted by Crippen LogP contribution is -2.45. The molecule has 0 aromatic carbocycles. The second kappa shape index (κ2) is 28.7. The van der Waals surface area contributed by atoms with Crippen LogP contribution in [0.3, 0.4) is 0 Å². The number of unbranched alkanes of at least 4 members (excludes halogenated alkanes) is 11. The van der Waals surface area contributed by atoms with Gasteiger partial charge >= 0.3 is 0 Å². The third kappa shape index (κ3) is 30.9. The molecule has 2 N–H and O–H groups in total. The zero-order valence-electron chi connectivity index (χ0n) is 29.3. The minimum Gasteiger partial charge on any atom is -0.756 e. The molecule has 0 fully saturated rings. The van der Waals surface area contributed by atoms with Crippen molar-refractivity contribution in [3.63, 3.8) is 0 Å². The van der Waals surface area contributed by atoms with Crippen LogP contribution in [-0.4, -0.2) is 68.5 Å². The average Bonchev–Trinajstić information content (AvgIpc) is 2.97. The Hall–Kier alpha value is -1.54. The van der Waals surface area contributed by atoms with Crippen LogP contribution in [0.1, 0.15) is 123 Å². The minimum atomic E-state index is -4.59. The number of rotatable bonds is 30. The maximum Gasteiger partial charge on any atom is 0.268 e. The Balaban J connectivity index is 4.73. The van der Waals surface area contributed by atoms with Crippen LogP contribution < -0.4 is 10.2 Å². The number of aliphatic hydroxyl groups is 1. The van der Waals surface area contributed by atoms with Gasteiger partial charge in [-0.25, -0.2) is 0 Å². The molecular weight excluding hydrogens is 587 g/mol. The summed E-state index contributed by atoms with van der Waals surface area (Å²) in [4.78, 5) is 25.0. The normalized spacial score (nSPS) is 15.4. The molecule has 0 aliphatic rings. The summed E-state index contributed by atoms with van der Waals surface area (Å²) in [6.07, 6.45) is 33.0. The van der Waals surface area contributed by atoms with Crippen LogP contribution in [0.15, 0.2) is 48.6 Å². The van der Waals surface area contributed by atoms with Gasteiger partial charge < -0.3 is 28.8 Å². The number of phosphoric ester groups is 1. The molecule has 3 atom stereocenters. The maximum atomic E-state index is 12.7. The summed E-state index contributed by atoms with van der Waals surface area (Å²) in [5.41, 5.74) is 0. The first-order valence-electron chi connectivity index (χ1n) is 17.5. The van der Waals surface area contributed by atoms with Gasteiger partial charge in [0.05, 0.1) is 39.9 Å². The number of nitrogens with one attached hydrogen (secondary N) is 1. The standard InChI is InChI=1S/C36H67N2O6P/c1-6-8-10-12-14-16-18-19-20-21-23-25-27-29-35(39)34(33-44-45(41,42)43-32-31-38(3,4)5)37-36(40)30-28-26-24-22-17-15-13-11-9-7-2/h13-16,20-21,27,29,34-35,39H,6-12,17-19,22-26,28,30-33H2,1-5H3,(H-,37,40,41,42)/b15-13-,16-14+,21-20+,29-27+. The predicted octanol–water partition coefficient (Wildman–Crippen LogP) is 7.94. The fourth-order valence-corrected chi connectivity index (χ4v) is 5.06. The van der Waals surface area contributed by atoms with Crippen molar-refractivity contribution in [3.8, 4) is 0 Å². The van der Waals surface area contributed by atoms with Crippen molar-refractivity contribution in [2.45, 2.75) is 135 Å². The number of phosphoric acid groups is 1. The van der Waals surface area contributed by atoms with Crippen molar-refractivity contribution in [2.24, 2.45) is 0 Å². The van der Waals surface area contributed by atoms with Crippen LogP contribution in [-0.2, 0) is 18.4 Å². The van der Waals surface area contributed by atoms with E-state index in [1.165, 1.54) is 32.1 Å². The van der Waals surface area contributed by atoms with Crippen molar-refractivity contribution in [1.82, 2.24) is 5.32 Å². The van der Waals surface area contributed by atoms with Crippen LogP contribution in [0, 0.1) is 0 Å². The zero-order chi connectivity index (χ0) is 33.7. The number of hydrogen-bond donors (Lipinski definition) is 2. The van der Waals surface area contributed by atoms with E-state index in [1.807, 2.05) is 27.2 Å². The number of hydrogen-bond acceptors (Lipinski definition) is 6. The molecule has 0 rings (SSSR count). The van der Waals surface area contributed by atoms with Gasteiger partial charge in [0, 0.05) is 6.42 Å². The number of aliphatic hydroxyl groups excluding tert-OH is 1. The number of carbonyl (C=O) groups excluding carboxylic acids is 1. The topological polar surface area (TPSA) is 108 Å². The quantitative estimate of drug-likeness (QED) is 0.0353. The first-order chi connectivity index (χ1) is 21.5. The molecule has 0 aromatic rings. The lowest BCUT2D eigenvalue weighted by Gasteiger charge is -2.29. The van der Waals surface area contributed by atoms with E-state index >= 15 is 0 Å². The highest BCUT2D eigenvalue weighted by Gasteiger charge is 2.23. The summed E-state index contributed by atoms with van der Waals surface area (Å²) in [7, 11) is 1.21. The van der Waals surface area contributed by atoms with Gasteiger partial charge in [-0.2, -0.15) is 0 Å². The number of nitrogens with zero attached hydrogens (tertiary/aromatic N) is 1. The van der Waals surface area contributed by atoms with E-state index in [0.717, 1.165) is 70.6 Å². The van der Waals surface area contributed by atoms with Gasteiger partial charge in [0.25, 0.3) is 7.82 Å². The first-order valence-corrected chi connectivity index (χ1v) is 19.0. The molecule has 0 aliphatic heterocycles. The summed E-state index contributed by atoms with van der Waals surface area (Å²) in [5.74, 6) is -0.232. The number of allylic oxidation sites excluding steroid dienone is 7. The number of likely N-dealkylation sites (N-methyl/N-ethyl adjacent to an activating group) is 1. The summed E-state index contributed by atoms with van der Waals surface area (Å²) in [5, 5.41) is 13.6. The second-order valence-electron chi connectivity index (χ2n) is 12.8. The van der Waals surface area contributed by atoms with E-state index in [4.69, 9.17) is 9.05 Å². The predicted molar refractivity (Wildman–Crippen MR) is 187 cm³/mol.